The zero-order chi connectivity index (χ0) is 12.8. The summed E-state index contributed by atoms with van der Waals surface area (Å²) < 4.78 is 6.07. The standard InChI is InChI=1S/C16H31NO/c1-3-11-17-13-16(9-5-4-6-10-16)12-15-8-7-14(2)18-15/h14-15,17H,3-13H2,1-2H3. The van der Waals surface area contributed by atoms with E-state index in [1.807, 2.05) is 0 Å². The van der Waals surface area contributed by atoms with Crippen LogP contribution in [0.15, 0.2) is 0 Å². The molecule has 1 aliphatic heterocycles. The minimum absolute atomic E-state index is 0.499. The smallest absolute Gasteiger partial charge is 0.0585 e. The third-order valence-corrected chi connectivity index (χ3v) is 4.82. The predicted octanol–water partition coefficient (Wildman–Crippen LogP) is 3.89. The van der Waals surface area contributed by atoms with E-state index in [2.05, 4.69) is 19.2 Å². The number of hydrogen-bond donors (Lipinski definition) is 1. The fourth-order valence-electron chi connectivity index (χ4n) is 3.80. The van der Waals surface area contributed by atoms with Crippen LogP contribution in [0.4, 0.5) is 0 Å². The first kappa shape index (κ1) is 14.3. The van der Waals surface area contributed by atoms with Crippen molar-refractivity contribution in [2.45, 2.75) is 83.8 Å². The van der Waals surface area contributed by atoms with Crippen LogP contribution in [0.1, 0.15) is 71.6 Å². The van der Waals surface area contributed by atoms with Crippen LogP contribution in [-0.2, 0) is 4.74 Å². The van der Waals surface area contributed by atoms with E-state index >= 15 is 0 Å². The number of ether oxygens (including phenoxy) is 1. The SMILES string of the molecule is CCCNCC1(CC2CCC(C)O2)CCCCC1. The van der Waals surface area contributed by atoms with Gasteiger partial charge < -0.3 is 10.1 Å². The Morgan fingerprint density at radius 1 is 1.17 bits per heavy atom. The molecule has 0 spiro atoms. The number of hydrogen-bond acceptors (Lipinski definition) is 2. The monoisotopic (exact) mass is 253 g/mol. The normalized spacial score (nSPS) is 31.7. The Hall–Kier alpha value is -0.0800. The molecule has 0 amide bonds. The summed E-state index contributed by atoms with van der Waals surface area (Å²) >= 11 is 0. The summed E-state index contributed by atoms with van der Waals surface area (Å²) in [6, 6.07) is 0. The number of nitrogens with one attached hydrogen (secondary N) is 1. The molecule has 106 valence electrons. The van der Waals surface area contributed by atoms with E-state index in [0.717, 1.165) is 0 Å². The van der Waals surface area contributed by atoms with Gasteiger partial charge in [0.15, 0.2) is 0 Å². The molecule has 2 nitrogen and oxygen atoms in total. The molecule has 1 N–H and O–H groups in total. The summed E-state index contributed by atoms with van der Waals surface area (Å²) in [6.07, 6.45) is 13.3. The maximum atomic E-state index is 6.07. The highest BCUT2D eigenvalue weighted by molar-refractivity contribution is 4.89. The van der Waals surface area contributed by atoms with Crippen molar-refractivity contribution >= 4 is 0 Å². The first-order valence-corrected chi connectivity index (χ1v) is 8.10. The third-order valence-electron chi connectivity index (χ3n) is 4.82. The van der Waals surface area contributed by atoms with Crippen molar-refractivity contribution in [1.82, 2.24) is 5.32 Å². The Kier molecular flexibility index (Phi) is 5.50. The molecule has 1 saturated heterocycles. The van der Waals surface area contributed by atoms with Gasteiger partial charge in [-0.3, -0.25) is 0 Å². The lowest BCUT2D eigenvalue weighted by atomic mass is 9.70. The second-order valence-electron chi connectivity index (χ2n) is 6.59. The van der Waals surface area contributed by atoms with Crippen LogP contribution in [0, 0.1) is 5.41 Å². The molecule has 2 fully saturated rings. The summed E-state index contributed by atoms with van der Waals surface area (Å²) in [7, 11) is 0. The summed E-state index contributed by atoms with van der Waals surface area (Å²) in [6.45, 7) is 6.87. The maximum absolute atomic E-state index is 6.07. The van der Waals surface area contributed by atoms with Gasteiger partial charge in [0.1, 0.15) is 0 Å². The molecule has 18 heavy (non-hydrogen) atoms. The van der Waals surface area contributed by atoms with Gasteiger partial charge in [0.05, 0.1) is 12.2 Å². The summed E-state index contributed by atoms with van der Waals surface area (Å²) in [5.41, 5.74) is 0.544. The largest absolute Gasteiger partial charge is 0.375 e. The fraction of sp³-hybridized carbons (Fsp3) is 1.00. The molecule has 2 atom stereocenters. The van der Waals surface area contributed by atoms with Gasteiger partial charge in [-0.15, -0.1) is 0 Å². The van der Waals surface area contributed by atoms with Crippen LogP contribution in [-0.4, -0.2) is 25.3 Å². The average molecular weight is 253 g/mol. The van der Waals surface area contributed by atoms with E-state index in [9.17, 15) is 0 Å². The van der Waals surface area contributed by atoms with E-state index in [0.29, 0.717) is 17.6 Å². The van der Waals surface area contributed by atoms with Crippen molar-refractivity contribution < 1.29 is 4.74 Å². The van der Waals surface area contributed by atoms with E-state index in [1.54, 1.807) is 0 Å². The molecule has 0 aromatic heterocycles. The fourth-order valence-corrected chi connectivity index (χ4v) is 3.80. The Bertz CT molecular complexity index is 235. The Labute approximate surface area is 113 Å². The van der Waals surface area contributed by atoms with Crippen molar-refractivity contribution in [3.8, 4) is 0 Å². The number of rotatable bonds is 6. The summed E-state index contributed by atoms with van der Waals surface area (Å²) in [5, 5.41) is 3.68. The summed E-state index contributed by atoms with van der Waals surface area (Å²) in [5.74, 6) is 0. The van der Waals surface area contributed by atoms with Gasteiger partial charge in [-0.2, -0.15) is 0 Å². The molecule has 0 bridgehead atoms. The molecular weight excluding hydrogens is 222 g/mol. The first-order chi connectivity index (χ1) is 8.74. The molecule has 0 aromatic rings. The highest BCUT2D eigenvalue weighted by atomic mass is 16.5. The highest BCUT2D eigenvalue weighted by Crippen LogP contribution is 2.42. The second kappa shape index (κ2) is 6.91. The third kappa shape index (κ3) is 3.96. The Morgan fingerprint density at radius 3 is 2.56 bits per heavy atom. The van der Waals surface area contributed by atoms with Crippen LogP contribution in [0.3, 0.4) is 0 Å². The van der Waals surface area contributed by atoms with Gasteiger partial charge >= 0.3 is 0 Å². The minimum Gasteiger partial charge on any atom is -0.375 e. The van der Waals surface area contributed by atoms with Crippen LogP contribution in [0.2, 0.25) is 0 Å². The highest BCUT2D eigenvalue weighted by Gasteiger charge is 2.36. The lowest BCUT2D eigenvalue weighted by molar-refractivity contribution is 0.0107. The Morgan fingerprint density at radius 2 is 1.94 bits per heavy atom. The maximum Gasteiger partial charge on any atom is 0.0585 e. The molecule has 1 saturated carbocycles. The molecule has 0 radical (unpaired) electrons. The van der Waals surface area contributed by atoms with Gasteiger partial charge in [0.25, 0.3) is 0 Å². The molecule has 0 aromatic carbocycles. The van der Waals surface area contributed by atoms with E-state index in [-0.39, 0.29) is 0 Å². The molecule has 1 heterocycles. The minimum atomic E-state index is 0.499. The van der Waals surface area contributed by atoms with Gasteiger partial charge in [0, 0.05) is 6.54 Å². The molecule has 1 aliphatic carbocycles. The lowest BCUT2D eigenvalue weighted by Gasteiger charge is -2.39. The molecule has 2 aliphatic rings. The predicted molar refractivity (Wildman–Crippen MR) is 76.9 cm³/mol. The molecule has 2 unspecified atom stereocenters. The molecular formula is C16H31NO. The van der Waals surface area contributed by atoms with Crippen LogP contribution < -0.4 is 5.32 Å². The van der Waals surface area contributed by atoms with Crippen LogP contribution in [0.25, 0.3) is 0 Å². The second-order valence-corrected chi connectivity index (χ2v) is 6.59. The quantitative estimate of drug-likeness (QED) is 0.725. The van der Waals surface area contributed by atoms with Crippen molar-refractivity contribution in [3.63, 3.8) is 0 Å². The van der Waals surface area contributed by atoms with Crippen molar-refractivity contribution in [2.75, 3.05) is 13.1 Å². The average Bonchev–Trinajstić information content (AvgIpc) is 2.76. The Balaban J connectivity index is 1.86. The first-order valence-electron chi connectivity index (χ1n) is 8.10. The van der Waals surface area contributed by atoms with Gasteiger partial charge in [-0.05, 0) is 57.4 Å². The van der Waals surface area contributed by atoms with Gasteiger partial charge in [-0.25, -0.2) is 0 Å². The lowest BCUT2D eigenvalue weighted by Crippen LogP contribution is -2.39. The van der Waals surface area contributed by atoms with Gasteiger partial charge in [0.2, 0.25) is 0 Å². The zero-order valence-corrected chi connectivity index (χ0v) is 12.3. The van der Waals surface area contributed by atoms with Crippen molar-refractivity contribution in [3.05, 3.63) is 0 Å². The summed E-state index contributed by atoms with van der Waals surface area (Å²) in [4.78, 5) is 0. The van der Waals surface area contributed by atoms with Crippen LogP contribution in [0.5, 0.6) is 0 Å². The molecule has 2 rings (SSSR count). The van der Waals surface area contributed by atoms with E-state index in [1.165, 1.54) is 70.9 Å². The van der Waals surface area contributed by atoms with Crippen LogP contribution >= 0.6 is 0 Å². The van der Waals surface area contributed by atoms with Crippen molar-refractivity contribution in [1.29, 1.82) is 0 Å². The van der Waals surface area contributed by atoms with E-state index < -0.39 is 0 Å². The topological polar surface area (TPSA) is 21.3 Å². The molecule has 2 heteroatoms. The van der Waals surface area contributed by atoms with E-state index in [4.69, 9.17) is 4.74 Å². The van der Waals surface area contributed by atoms with Crippen molar-refractivity contribution in [2.24, 2.45) is 5.41 Å². The zero-order valence-electron chi connectivity index (χ0n) is 12.3. The van der Waals surface area contributed by atoms with Gasteiger partial charge in [-0.1, -0.05) is 26.2 Å².